The standard InChI is InChI=1S/C14H19ClFNO/c1-11(10-15)3-2-8-17-14(18)9-12-4-6-13(16)7-5-12/h4-7,11H,2-3,8-10H2,1H3,(H,17,18). The normalized spacial score (nSPS) is 12.2. The Balaban J connectivity index is 2.19. The lowest BCUT2D eigenvalue weighted by Crippen LogP contribution is -2.26. The molecule has 0 aliphatic rings. The molecular weight excluding hydrogens is 253 g/mol. The number of carbonyl (C=O) groups excluding carboxylic acids is 1. The highest BCUT2D eigenvalue weighted by atomic mass is 35.5. The van der Waals surface area contributed by atoms with Crippen LogP contribution in [0.25, 0.3) is 0 Å². The van der Waals surface area contributed by atoms with E-state index in [0.717, 1.165) is 18.4 Å². The fourth-order valence-electron chi connectivity index (χ4n) is 1.61. The van der Waals surface area contributed by atoms with E-state index in [1.54, 1.807) is 12.1 Å². The van der Waals surface area contributed by atoms with Crippen molar-refractivity contribution in [3.8, 4) is 0 Å². The van der Waals surface area contributed by atoms with E-state index in [2.05, 4.69) is 12.2 Å². The zero-order valence-electron chi connectivity index (χ0n) is 10.6. The molecule has 100 valence electrons. The second-order valence-corrected chi connectivity index (χ2v) is 4.86. The van der Waals surface area contributed by atoms with E-state index in [4.69, 9.17) is 11.6 Å². The monoisotopic (exact) mass is 271 g/mol. The highest BCUT2D eigenvalue weighted by Gasteiger charge is 2.04. The number of hydrogen-bond donors (Lipinski definition) is 1. The van der Waals surface area contributed by atoms with E-state index < -0.39 is 0 Å². The summed E-state index contributed by atoms with van der Waals surface area (Å²) in [6, 6.07) is 5.99. The van der Waals surface area contributed by atoms with Crippen molar-refractivity contribution in [1.82, 2.24) is 5.32 Å². The van der Waals surface area contributed by atoms with Crippen molar-refractivity contribution in [3.05, 3.63) is 35.6 Å². The number of nitrogens with one attached hydrogen (secondary N) is 1. The number of amides is 1. The Kier molecular flexibility index (Phi) is 6.73. The molecule has 0 aliphatic heterocycles. The van der Waals surface area contributed by atoms with Crippen molar-refractivity contribution >= 4 is 17.5 Å². The van der Waals surface area contributed by atoms with Crippen molar-refractivity contribution in [3.63, 3.8) is 0 Å². The minimum atomic E-state index is -0.283. The lowest BCUT2D eigenvalue weighted by Gasteiger charge is -2.08. The molecule has 0 bridgehead atoms. The highest BCUT2D eigenvalue weighted by molar-refractivity contribution is 6.18. The summed E-state index contributed by atoms with van der Waals surface area (Å²) in [7, 11) is 0. The first-order chi connectivity index (χ1) is 8.61. The van der Waals surface area contributed by atoms with E-state index in [-0.39, 0.29) is 11.7 Å². The molecule has 1 amide bonds. The fraction of sp³-hybridized carbons (Fsp3) is 0.500. The predicted molar refractivity (Wildman–Crippen MR) is 72.2 cm³/mol. The number of halogens is 2. The van der Waals surface area contributed by atoms with Gasteiger partial charge in [0.1, 0.15) is 5.82 Å². The first kappa shape index (κ1) is 15.0. The van der Waals surface area contributed by atoms with Gasteiger partial charge in [0.25, 0.3) is 0 Å². The molecule has 1 unspecified atom stereocenters. The smallest absolute Gasteiger partial charge is 0.224 e. The summed E-state index contributed by atoms with van der Waals surface area (Å²) in [4.78, 5) is 11.6. The number of benzene rings is 1. The van der Waals surface area contributed by atoms with Crippen LogP contribution in [0.15, 0.2) is 24.3 Å². The minimum absolute atomic E-state index is 0.0277. The summed E-state index contributed by atoms with van der Waals surface area (Å²) >= 11 is 5.70. The summed E-state index contributed by atoms with van der Waals surface area (Å²) in [6.45, 7) is 2.76. The van der Waals surface area contributed by atoms with E-state index in [0.29, 0.717) is 24.8 Å². The van der Waals surface area contributed by atoms with Gasteiger partial charge in [0.15, 0.2) is 0 Å². The van der Waals surface area contributed by atoms with E-state index >= 15 is 0 Å². The van der Waals surface area contributed by atoms with E-state index in [1.807, 2.05) is 0 Å². The second-order valence-electron chi connectivity index (χ2n) is 4.55. The van der Waals surface area contributed by atoms with Gasteiger partial charge >= 0.3 is 0 Å². The first-order valence-electron chi connectivity index (χ1n) is 6.19. The molecule has 1 atom stereocenters. The fourth-order valence-corrected chi connectivity index (χ4v) is 1.76. The molecule has 0 spiro atoms. The van der Waals surface area contributed by atoms with Gasteiger partial charge in [-0.05, 0) is 36.5 Å². The van der Waals surface area contributed by atoms with Gasteiger partial charge in [-0.3, -0.25) is 4.79 Å². The van der Waals surface area contributed by atoms with E-state index in [9.17, 15) is 9.18 Å². The van der Waals surface area contributed by atoms with Gasteiger partial charge in [-0.2, -0.15) is 0 Å². The van der Waals surface area contributed by atoms with Crippen LogP contribution >= 0.6 is 11.6 Å². The van der Waals surface area contributed by atoms with Gasteiger partial charge in [-0.15, -0.1) is 11.6 Å². The Bertz CT molecular complexity index is 367. The molecule has 0 saturated carbocycles. The number of hydrogen-bond acceptors (Lipinski definition) is 1. The maximum Gasteiger partial charge on any atom is 0.224 e. The SMILES string of the molecule is CC(CCl)CCCNC(=O)Cc1ccc(F)cc1. The summed E-state index contributed by atoms with van der Waals surface area (Å²) in [5.74, 6) is 0.832. The first-order valence-corrected chi connectivity index (χ1v) is 6.72. The molecule has 1 N–H and O–H groups in total. The number of carbonyl (C=O) groups is 1. The van der Waals surface area contributed by atoms with Crippen molar-refractivity contribution in [2.24, 2.45) is 5.92 Å². The maximum atomic E-state index is 12.7. The van der Waals surface area contributed by atoms with Crippen LogP contribution in [0.3, 0.4) is 0 Å². The maximum absolute atomic E-state index is 12.7. The van der Waals surface area contributed by atoms with Crippen LogP contribution in [-0.4, -0.2) is 18.3 Å². The van der Waals surface area contributed by atoms with E-state index in [1.165, 1.54) is 12.1 Å². The zero-order valence-corrected chi connectivity index (χ0v) is 11.3. The van der Waals surface area contributed by atoms with Crippen LogP contribution in [0.2, 0.25) is 0 Å². The Morgan fingerprint density at radius 1 is 1.39 bits per heavy atom. The molecular formula is C14H19ClFNO. The van der Waals surface area contributed by atoms with Gasteiger partial charge < -0.3 is 5.32 Å². The molecule has 4 heteroatoms. The molecule has 0 aromatic heterocycles. The third kappa shape index (κ3) is 6.01. The molecule has 2 nitrogen and oxygen atoms in total. The number of rotatable bonds is 7. The summed E-state index contributed by atoms with van der Waals surface area (Å²) in [6.07, 6.45) is 2.24. The summed E-state index contributed by atoms with van der Waals surface area (Å²) < 4.78 is 12.7. The summed E-state index contributed by atoms with van der Waals surface area (Å²) in [5, 5.41) is 2.85. The molecule has 18 heavy (non-hydrogen) atoms. The lowest BCUT2D eigenvalue weighted by atomic mass is 10.1. The van der Waals surface area contributed by atoms with Gasteiger partial charge in [0, 0.05) is 12.4 Å². The van der Waals surface area contributed by atoms with Gasteiger partial charge in [-0.1, -0.05) is 19.1 Å². The molecule has 0 saturated heterocycles. The van der Waals surface area contributed by atoms with Crippen molar-refractivity contribution in [1.29, 1.82) is 0 Å². The lowest BCUT2D eigenvalue weighted by molar-refractivity contribution is -0.120. The Labute approximate surface area is 113 Å². The average Bonchev–Trinajstić information content (AvgIpc) is 2.37. The van der Waals surface area contributed by atoms with Crippen LogP contribution in [0.4, 0.5) is 4.39 Å². The van der Waals surface area contributed by atoms with Crippen LogP contribution < -0.4 is 5.32 Å². The van der Waals surface area contributed by atoms with Gasteiger partial charge in [0.05, 0.1) is 6.42 Å². The second kappa shape index (κ2) is 8.09. The third-order valence-corrected chi connectivity index (χ3v) is 3.26. The molecule has 0 heterocycles. The van der Waals surface area contributed by atoms with Crippen molar-refractivity contribution in [2.45, 2.75) is 26.2 Å². The molecule has 1 aromatic carbocycles. The predicted octanol–water partition coefficient (Wildman–Crippen LogP) is 3.14. The van der Waals surface area contributed by atoms with Crippen LogP contribution in [0.1, 0.15) is 25.3 Å². The molecule has 0 fully saturated rings. The van der Waals surface area contributed by atoms with Crippen LogP contribution in [-0.2, 0) is 11.2 Å². The average molecular weight is 272 g/mol. The topological polar surface area (TPSA) is 29.1 Å². The molecule has 1 rings (SSSR count). The van der Waals surface area contributed by atoms with Gasteiger partial charge in [0.2, 0.25) is 5.91 Å². The van der Waals surface area contributed by atoms with Crippen molar-refractivity contribution < 1.29 is 9.18 Å². The van der Waals surface area contributed by atoms with Crippen LogP contribution in [0.5, 0.6) is 0 Å². The highest BCUT2D eigenvalue weighted by Crippen LogP contribution is 2.06. The van der Waals surface area contributed by atoms with Crippen molar-refractivity contribution in [2.75, 3.05) is 12.4 Å². The minimum Gasteiger partial charge on any atom is -0.356 e. The summed E-state index contributed by atoms with van der Waals surface area (Å²) in [5.41, 5.74) is 0.822. The third-order valence-electron chi connectivity index (χ3n) is 2.74. The van der Waals surface area contributed by atoms with Crippen LogP contribution in [0, 0.1) is 11.7 Å². The van der Waals surface area contributed by atoms with Gasteiger partial charge in [-0.25, -0.2) is 4.39 Å². The molecule has 0 aliphatic carbocycles. The molecule has 1 aromatic rings. The Morgan fingerprint density at radius 2 is 2.06 bits per heavy atom. The number of alkyl halides is 1. The quantitative estimate of drug-likeness (QED) is 0.599. The Hall–Kier alpha value is -1.09. The Morgan fingerprint density at radius 3 is 2.67 bits per heavy atom. The largest absolute Gasteiger partial charge is 0.356 e. The zero-order chi connectivity index (χ0) is 13.4. The molecule has 0 radical (unpaired) electrons.